The second-order valence-electron chi connectivity index (χ2n) is 23.6. The molecule has 364 valence electrons. The summed E-state index contributed by atoms with van der Waals surface area (Å²) in [6.07, 6.45) is 1.85. The van der Waals surface area contributed by atoms with Crippen LogP contribution in [-0.2, 0) is 42.7 Å². The zero-order valence-corrected chi connectivity index (χ0v) is 45.6. The maximum Gasteiger partial charge on any atom is 0.259 e. The Morgan fingerprint density at radius 2 is 1.14 bits per heavy atom. The summed E-state index contributed by atoms with van der Waals surface area (Å²) in [6.45, 7) is 26.6. The second-order valence-corrected chi connectivity index (χ2v) is 23.6. The Labute approximate surface area is 439 Å². The number of aromatic nitrogens is 3. The topological polar surface area (TPSA) is 69.4 Å². The molecule has 1 N–H and O–H groups in total. The molecule has 4 heterocycles. The van der Waals surface area contributed by atoms with Gasteiger partial charge in [0.1, 0.15) is 34.6 Å². The van der Waals surface area contributed by atoms with E-state index in [2.05, 4.69) is 209 Å². The number of ether oxygens (including phenoxy) is 2. The van der Waals surface area contributed by atoms with Crippen molar-refractivity contribution in [3.63, 3.8) is 0 Å². The number of rotatable bonds is 5. The van der Waals surface area contributed by atoms with E-state index < -0.39 is 0 Å². The fourth-order valence-corrected chi connectivity index (χ4v) is 10.3. The van der Waals surface area contributed by atoms with Crippen LogP contribution in [0.15, 0.2) is 146 Å². The molecule has 0 saturated carbocycles. The molecular weight excluding hydrogens is 1060 g/mol. The van der Waals surface area contributed by atoms with Crippen LogP contribution in [0.4, 0.5) is 0 Å². The van der Waals surface area contributed by atoms with E-state index in [1.807, 2.05) is 30.5 Å². The number of pyridine rings is 1. The molecule has 0 unspecified atom stereocenters. The summed E-state index contributed by atoms with van der Waals surface area (Å²) in [6, 6.07) is 53.1. The first-order chi connectivity index (χ1) is 33.6. The number of nitrogens with zero attached hydrogens (tertiary/aromatic N) is 3. The summed E-state index contributed by atoms with van der Waals surface area (Å²) in [7, 11) is 0. The fourth-order valence-electron chi connectivity index (χ4n) is 10.3. The van der Waals surface area contributed by atoms with Crippen molar-refractivity contribution < 1.29 is 35.6 Å². The molecule has 0 amide bonds. The Kier molecular flexibility index (Phi) is 11.9. The standard InChI is InChI=1S/C64H61BN3O3.Pt/c1-61(2,3)41-29-30-50(45(34-41)38-21-14-13-15-22-38)68-51-26-20-23-44(57(51)67-60(68)46-35-43(63(7,8)9)36-47(58(46)69)64(10,11)12)39-31-40(33-42(32-39)62(4,5)6)56-59-55-54(37-66-56)70-52-27-18-16-24-48(52)65(55)49-25-17-19-28-53(49)71-59;/h13-30,32-37,69H,1-12H3;/q-1;. The Hall–Kier alpha value is -6.69. The average Bonchev–Trinajstić information content (AvgIpc) is 3.72. The first kappa shape index (κ1) is 48.9. The number of hydrogen-bond acceptors (Lipinski definition) is 5. The van der Waals surface area contributed by atoms with E-state index in [-0.39, 0.29) is 55.2 Å². The Morgan fingerprint density at radius 1 is 0.542 bits per heavy atom. The van der Waals surface area contributed by atoms with Crippen LogP contribution in [0.2, 0.25) is 0 Å². The summed E-state index contributed by atoms with van der Waals surface area (Å²) in [5.41, 5.74) is 15.4. The normalized spacial score (nSPS) is 13.1. The molecule has 0 spiro atoms. The molecule has 0 fully saturated rings. The molecule has 0 radical (unpaired) electrons. The molecule has 0 atom stereocenters. The summed E-state index contributed by atoms with van der Waals surface area (Å²) in [5.74, 6) is 3.89. The number of hydrogen-bond donors (Lipinski definition) is 1. The number of fused-ring (bicyclic) bond motifs is 5. The Bertz CT molecular complexity index is 3590. The van der Waals surface area contributed by atoms with E-state index in [1.54, 1.807) is 0 Å². The predicted octanol–water partition coefficient (Wildman–Crippen LogP) is 14.5. The van der Waals surface area contributed by atoms with Gasteiger partial charge in [0.05, 0.1) is 28.5 Å². The third-order valence-corrected chi connectivity index (χ3v) is 14.4. The van der Waals surface area contributed by atoms with E-state index in [9.17, 15) is 5.11 Å². The third kappa shape index (κ3) is 8.38. The van der Waals surface area contributed by atoms with E-state index in [4.69, 9.17) is 19.4 Å². The quantitative estimate of drug-likeness (QED) is 0.137. The SMILES string of the molecule is CC(C)(C)c1cc(-c2ncc3c4c2Oc2ccccc2B4c2ccccc2O3)[c-]c(-c2cccc3c2nc(-c2cc(C(C)(C)C)cc(C(C)(C)C)c2O)n3-c2ccc(C(C)(C)C)cc2-c2ccccc2)c1.[Pt]. The van der Waals surface area contributed by atoms with Crippen molar-refractivity contribution in [2.45, 2.75) is 105 Å². The minimum absolute atomic E-state index is 0. The van der Waals surface area contributed by atoms with E-state index in [0.29, 0.717) is 28.6 Å². The molecule has 0 bridgehead atoms. The van der Waals surface area contributed by atoms with Gasteiger partial charge in [0.15, 0.2) is 0 Å². The van der Waals surface area contributed by atoms with E-state index in [1.165, 1.54) is 5.56 Å². The maximum absolute atomic E-state index is 12.7. The number of imidazole rings is 1. The zero-order valence-electron chi connectivity index (χ0n) is 43.4. The molecule has 0 saturated heterocycles. The minimum atomic E-state index is -0.351. The van der Waals surface area contributed by atoms with Crippen molar-refractivity contribution in [1.82, 2.24) is 14.5 Å². The van der Waals surface area contributed by atoms with Crippen molar-refractivity contribution in [2.75, 3.05) is 0 Å². The van der Waals surface area contributed by atoms with Gasteiger partial charge in [0, 0.05) is 43.3 Å². The molecule has 8 heteroatoms. The number of phenolic OH excluding ortho intramolecular Hbond substituents is 1. The number of phenols is 1. The monoisotopic (exact) mass is 1130 g/mol. The molecule has 9 aromatic rings. The van der Waals surface area contributed by atoms with Gasteiger partial charge in [-0.3, -0.25) is 9.55 Å². The summed E-state index contributed by atoms with van der Waals surface area (Å²) >= 11 is 0. The maximum atomic E-state index is 12.7. The van der Waals surface area contributed by atoms with Crippen molar-refractivity contribution in [1.29, 1.82) is 0 Å². The van der Waals surface area contributed by atoms with Gasteiger partial charge in [-0.25, -0.2) is 4.98 Å². The number of para-hydroxylation sites is 3. The van der Waals surface area contributed by atoms with Gasteiger partial charge in [-0.1, -0.05) is 185 Å². The van der Waals surface area contributed by atoms with Gasteiger partial charge in [-0.2, -0.15) is 0 Å². The Morgan fingerprint density at radius 3 is 1.79 bits per heavy atom. The third-order valence-electron chi connectivity index (χ3n) is 14.4. The first-order valence-corrected chi connectivity index (χ1v) is 24.9. The van der Waals surface area contributed by atoms with Gasteiger partial charge < -0.3 is 14.6 Å². The second kappa shape index (κ2) is 17.5. The van der Waals surface area contributed by atoms with Gasteiger partial charge in [-0.15, -0.1) is 29.3 Å². The van der Waals surface area contributed by atoms with Crippen LogP contribution in [0.1, 0.15) is 105 Å². The first-order valence-electron chi connectivity index (χ1n) is 24.9. The molecule has 2 aliphatic rings. The average molecular weight is 1130 g/mol. The summed E-state index contributed by atoms with van der Waals surface area (Å²) < 4.78 is 15.8. The predicted molar refractivity (Wildman–Crippen MR) is 294 cm³/mol. The van der Waals surface area contributed by atoms with Crippen LogP contribution < -0.4 is 25.9 Å². The van der Waals surface area contributed by atoms with Crippen LogP contribution >= 0.6 is 0 Å². The van der Waals surface area contributed by atoms with Crippen molar-refractivity contribution in [3.8, 4) is 79.3 Å². The summed E-state index contributed by atoms with van der Waals surface area (Å²) in [5, 5.41) is 12.7. The van der Waals surface area contributed by atoms with Gasteiger partial charge in [0.2, 0.25) is 0 Å². The van der Waals surface area contributed by atoms with Crippen molar-refractivity contribution >= 4 is 34.1 Å². The van der Waals surface area contributed by atoms with Gasteiger partial charge >= 0.3 is 0 Å². The van der Waals surface area contributed by atoms with Crippen LogP contribution in [0.25, 0.3) is 61.6 Å². The number of benzene rings is 7. The van der Waals surface area contributed by atoms with Gasteiger partial charge in [-0.05, 0) is 85.7 Å². The van der Waals surface area contributed by atoms with Crippen molar-refractivity contribution in [3.05, 3.63) is 174 Å². The molecule has 11 rings (SSSR count). The molecule has 72 heavy (non-hydrogen) atoms. The molecule has 0 aliphatic carbocycles. The van der Waals surface area contributed by atoms with Crippen molar-refractivity contribution in [2.24, 2.45) is 0 Å². The Balaban J connectivity index is 0.00000596. The number of aromatic hydroxyl groups is 1. The van der Waals surface area contributed by atoms with Crippen LogP contribution in [0.3, 0.4) is 0 Å². The minimum Gasteiger partial charge on any atom is -0.507 e. The largest absolute Gasteiger partial charge is 0.507 e. The molecular formula is C64H61BN3O3Pt-. The molecule has 2 aromatic heterocycles. The van der Waals surface area contributed by atoms with E-state index in [0.717, 1.165) is 89.1 Å². The van der Waals surface area contributed by atoms with Crippen LogP contribution in [0.5, 0.6) is 28.7 Å². The summed E-state index contributed by atoms with van der Waals surface area (Å²) in [4.78, 5) is 10.9. The zero-order chi connectivity index (χ0) is 49.9. The molecule has 7 aromatic carbocycles. The van der Waals surface area contributed by atoms with Crippen LogP contribution in [-0.4, -0.2) is 26.4 Å². The van der Waals surface area contributed by atoms with E-state index >= 15 is 0 Å². The fraction of sp³-hybridized carbons (Fsp3) is 0.250. The molecule has 6 nitrogen and oxygen atoms in total. The van der Waals surface area contributed by atoms with Crippen LogP contribution in [0, 0.1) is 6.07 Å². The molecule has 2 aliphatic heterocycles. The smallest absolute Gasteiger partial charge is 0.259 e. The van der Waals surface area contributed by atoms with Gasteiger partial charge in [0.25, 0.3) is 6.71 Å².